The molecule has 0 rings (SSSR count). The molecule has 0 radical (unpaired) electrons. The van der Waals surface area contributed by atoms with Gasteiger partial charge in [-0.05, 0) is 6.42 Å². The quantitative estimate of drug-likeness (QED) is 0.484. The van der Waals surface area contributed by atoms with E-state index in [1.165, 1.54) is 25.7 Å². The van der Waals surface area contributed by atoms with Crippen LogP contribution >= 0.6 is 12.2 Å². The van der Waals surface area contributed by atoms with E-state index in [4.69, 9.17) is 18.0 Å². The zero-order valence-corrected chi connectivity index (χ0v) is 12.0. The Bertz CT molecular complexity index is 231. The summed E-state index contributed by atoms with van der Waals surface area (Å²) in [5.74, 6) is 0.205. The van der Waals surface area contributed by atoms with Gasteiger partial charge in [0.1, 0.15) is 0 Å². The van der Waals surface area contributed by atoms with Crippen molar-refractivity contribution in [2.75, 3.05) is 13.6 Å². The maximum absolute atomic E-state index is 11.7. The van der Waals surface area contributed by atoms with Crippen LogP contribution in [-0.2, 0) is 4.79 Å². The Kier molecular flexibility index (Phi) is 10.1. The van der Waals surface area contributed by atoms with Crippen molar-refractivity contribution in [1.29, 1.82) is 0 Å². The van der Waals surface area contributed by atoms with Crippen molar-refractivity contribution in [3.05, 3.63) is 0 Å². The average Bonchev–Trinajstić information content (AvgIpc) is 2.30. The summed E-state index contributed by atoms with van der Waals surface area (Å²) in [7, 11) is 1.82. The molecular formula is C13H26N2OS. The Morgan fingerprint density at radius 3 is 2.29 bits per heavy atom. The van der Waals surface area contributed by atoms with Crippen LogP contribution in [0.5, 0.6) is 0 Å². The van der Waals surface area contributed by atoms with Crippen molar-refractivity contribution in [2.24, 2.45) is 5.73 Å². The van der Waals surface area contributed by atoms with Crippen LogP contribution < -0.4 is 5.73 Å². The van der Waals surface area contributed by atoms with Gasteiger partial charge >= 0.3 is 0 Å². The van der Waals surface area contributed by atoms with E-state index in [9.17, 15) is 4.79 Å². The van der Waals surface area contributed by atoms with Gasteiger partial charge in [0.15, 0.2) is 0 Å². The molecule has 0 fully saturated rings. The maximum Gasteiger partial charge on any atom is 0.222 e. The topological polar surface area (TPSA) is 46.3 Å². The van der Waals surface area contributed by atoms with Gasteiger partial charge in [-0.25, -0.2) is 0 Å². The molecule has 0 aromatic carbocycles. The molecule has 0 bridgehead atoms. The second kappa shape index (κ2) is 10.5. The number of nitrogens with two attached hydrogens (primary N) is 1. The third kappa shape index (κ3) is 10.2. The lowest BCUT2D eigenvalue weighted by atomic mass is 10.1. The molecule has 0 aliphatic carbocycles. The molecule has 4 heteroatoms. The lowest BCUT2D eigenvalue weighted by Gasteiger charge is -2.16. The number of thiocarbonyl (C=S) groups is 1. The minimum atomic E-state index is 0.205. The highest BCUT2D eigenvalue weighted by Crippen LogP contribution is 2.08. The van der Waals surface area contributed by atoms with Crippen LogP contribution in [0.4, 0.5) is 0 Å². The minimum Gasteiger partial charge on any atom is -0.393 e. The van der Waals surface area contributed by atoms with Gasteiger partial charge in [-0.3, -0.25) is 4.79 Å². The molecule has 1 amide bonds. The van der Waals surface area contributed by atoms with E-state index in [-0.39, 0.29) is 5.91 Å². The smallest absolute Gasteiger partial charge is 0.222 e. The lowest BCUT2D eigenvalue weighted by Crippen LogP contribution is -2.29. The van der Waals surface area contributed by atoms with Crippen molar-refractivity contribution in [2.45, 2.75) is 58.3 Å². The second-order valence-electron chi connectivity index (χ2n) is 4.55. The number of rotatable bonds is 10. The van der Waals surface area contributed by atoms with Crippen LogP contribution in [0.1, 0.15) is 58.3 Å². The first-order valence-electron chi connectivity index (χ1n) is 6.60. The Hall–Kier alpha value is -0.640. The van der Waals surface area contributed by atoms with E-state index in [2.05, 4.69) is 6.92 Å². The first-order chi connectivity index (χ1) is 8.07. The molecule has 3 nitrogen and oxygen atoms in total. The summed E-state index contributed by atoms with van der Waals surface area (Å²) < 4.78 is 0. The fraction of sp³-hybridized carbons (Fsp3) is 0.846. The minimum absolute atomic E-state index is 0.205. The van der Waals surface area contributed by atoms with Crippen LogP contribution in [0.3, 0.4) is 0 Å². The number of carbonyl (C=O) groups is 1. The van der Waals surface area contributed by atoms with E-state index in [0.29, 0.717) is 24.4 Å². The van der Waals surface area contributed by atoms with Crippen molar-refractivity contribution in [1.82, 2.24) is 4.90 Å². The van der Waals surface area contributed by atoms with E-state index >= 15 is 0 Å². The standard InChI is InChI=1S/C13H26N2OS/c1-3-4-5-6-7-8-9-13(16)15(2)11-10-12(14)17/h3-11H2,1-2H3,(H2,14,17). The van der Waals surface area contributed by atoms with E-state index in [0.717, 1.165) is 12.8 Å². The molecule has 0 aromatic rings. The largest absolute Gasteiger partial charge is 0.393 e. The number of hydrogen-bond donors (Lipinski definition) is 1. The normalized spacial score (nSPS) is 10.2. The molecule has 0 saturated carbocycles. The van der Waals surface area contributed by atoms with Gasteiger partial charge in [0.05, 0.1) is 4.99 Å². The van der Waals surface area contributed by atoms with Gasteiger partial charge in [0, 0.05) is 26.4 Å². The van der Waals surface area contributed by atoms with E-state index < -0.39 is 0 Å². The maximum atomic E-state index is 11.7. The van der Waals surface area contributed by atoms with Crippen molar-refractivity contribution in [3.8, 4) is 0 Å². The average molecular weight is 258 g/mol. The molecule has 0 spiro atoms. The third-order valence-corrected chi connectivity index (χ3v) is 3.07. The summed E-state index contributed by atoms with van der Waals surface area (Å²) in [5, 5.41) is 0. The van der Waals surface area contributed by atoms with Crippen molar-refractivity contribution < 1.29 is 4.79 Å². The zero-order valence-electron chi connectivity index (χ0n) is 11.2. The van der Waals surface area contributed by atoms with E-state index in [1.54, 1.807) is 4.90 Å². The van der Waals surface area contributed by atoms with Gasteiger partial charge in [-0.15, -0.1) is 0 Å². The predicted molar refractivity (Wildman–Crippen MR) is 77.0 cm³/mol. The molecule has 0 unspecified atom stereocenters. The van der Waals surface area contributed by atoms with Crippen molar-refractivity contribution >= 4 is 23.1 Å². The van der Waals surface area contributed by atoms with Gasteiger partial charge in [0.2, 0.25) is 5.91 Å². The van der Waals surface area contributed by atoms with Gasteiger partial charge in [0.25, 0.3) is 0 Å². The van der Waals surface area contributed by atoms with Crippen LogP contribution in [0, 0.1) is 0 Å². The highest BCUT2D eigenvalue weighted by atomic mass is 32.1. The zero-order chi connectivity index (χ0) is 13.1. The molecule has 0 aliphatic rings. The highest BCUT2D eigenvalue weighted by molar-refractivity contribution is 7.80. The molecular weight excluding hydrogens is 232 g/mol. The molecule has 0 saturated heterocycles. The Morgan fingerprint density at radius 2 is 1.71 bits per heavy atom. The third-order valence-electron chi connectivity index (χ3n) is 2.86. The molecule has 0 heterocycles. The first kappa shape index (κ1) is 16.4. The fourth-order valence-corrected chi connectivity index (χ4v) is 1.74. The molecule has 100 valence electrons. The number of carbonyl (C=O) groups excluding carboxylic acids is 1. The van der Waals surface area contributed by atoms with Crippen LogP contribution in [0.25, 0.3) is 0 Å². The summed E-state index contributed by atoms with van der Waals surface area (Å²) in [6.45, 7) is 2.85. The van der Waals surface area contributed by atoms with Gasteiger partial charge in [-0.2, -0.15) is 0 Å². The van der Waals surface area contributed by atoms with Crippen LogP contribution in [0.2, 0.25) is 0 Å². The summed E-state index contributed by atoms with van der Waals surface area (Å²) >= 11 is 4.79. The first-order valence-corrected chi connectivity index (χ1v) is 7.01. The fourth-order valence-electron chi connectivity index (χ4n) is 1.65. The predicted octanol–water partition coefficient (Wildman–Crippen LogP) is 2.87. The van der Waals surface area contributed by atoms with E-state index in [1.807, 2.05) is 7.05 Å². The lowest BCUT2D eigenvalue weighted by molar-refractivity contribution is -0.129. The number of nitrogens with zero attached hydrogens (tertiary/aromatic N) is 1. The number of unbranched alkanes of at least 4 members (excludes halogenated alkanes) is 5. The number of hydrogen-bond acceptors (Lipinski definition) is 2. The Labute approximate surface area is 111 Å². The van der Waals surface area contributed by atoms with Crippen molar-refractivity contribution in [3.63, 3.8) is 0 Å². The van der Waals surface area contributed by atoms with Crippen LogP contribution in [0.15, 0.2) is 0 Å². The Balaban J connectivity index is 3.47. The molecule has 17 heavy (non-hydrogen) atoms. The summed E-state index contributed by atoms with van der Waals surface area (Å²) in [5.41, 5.74) is 5.40. The summed E-state index contributed by atoms with van der Waals surface area (Å²) in [6, 6.07) is 0. The van der Waals surface area contributed by atoms with Gasteiger partial charge in [-0.1, -0.05) is 51.2 Å². The summed E-state index contributed by atoms with van der Waals surface area (Å²) in [4.78, 5) is 13.9. The summed E-state index contributed by atoms with van der Waals surface area (Å²) in [6.07, 6.45) is 8.55. The van der Waals surface area contributed by atoms with Crippen LogP contribution in [-0.4, -0.2) is 29.4 Å². The molecule has 2 N–H and O–H groups in total. The highest BCUT2D eigenvalue weighted by Gasteiger charge is 2.07. The molecule has 0 atom stereocenters. The number of amides is 1. The van der Waals surface area contributed by atoms with Gasteiger partial charge < -0.3 is 10.6 Å². The second-order valence-corrected chi connectivity index (χ2v) is 5.07. The Morgan fingerprint density at radius 1 is 1.12 bits per heavy atom. The SMILES string of the molecule is CCCCCCCCC(=O)N(C)CCC(N)=S. The monoisotopic (exact) mass is 258 g/mol. The molecule has 0 aromatic heterocycles. The molecule has 0 aliphatic heterocycles.